The summed E-state index contributed by atoms with van der Waals surface area (Å²) in [5, 5.41) is 1.84. The van der Waals surface area contributed by atoms with Crippen molar-refractivity contribution >= 4 is 24.7 Å². The maximum atomic E-state index is 13.4. The number of aromatic nitrogens is 2. The Hall–Kier alpha value is -4.05. The van der Waals surface area contributed by atoms with Crippen molar-refractivity contribution in [1.82, 2.24) is 9.55 Å². The summed E-state index contributed by atoms with van der Waals surface area (Å²) < 4.78 is 26.1. The van der Waals surface area contributed by atoms with Crippen molar-refractivity contribution in [3.8, 4) is 5.88 Å². The molecule has 212 valence electrons. The number of rotatable bonds is 8. The molecule has 0 aliphatic carbocycles. The lowest BCUT2D eigenvalue weighted by molar-refractivity contribution is -0.0420. The fraction of sp³-hybridized carbons (Fsp3) is 0.281. The normalized spacial score (nSPS) is 19.1. The molecule has 1 aliphatic heterocycles. The molecular weight excluding hydrogens is 536 g/mol. The van der Waals surface area contributed by atoms with Crippen LogP contribution in [0.4, 0.5) is 0 Å². The molecule has 9 heteroatoms. The third-order valence-electron chi connectivity index (χ3n) is 7.36. The third kappa shape index (κ3) is 5.61. The Morgan fingerprint density at radius 2 is 1.46 bits per heavy atom. The molecule has 1 saturated heterocycles. The van der Waals surface area contributed by atoms with Gasteiger partial charge in [-0.25, -0.2) is 9.59 Å². The summed E-state index contributed by atoms with van der Waals surface area (Å²) in [4.78, 5) is 30.3. The summed E-state index contributed by atoms with van der Waals surface area (Å²) >= 11 is 0. The van der Waals surface area contributed by atoms with E-state index in [1.54, 1.807) is 30.3 Å². The smallest absolute Gasteiger partial charge is 0.353 e. The Balaban J connectivity index is 1.61. The van der Waals surface area contributed by atoms with Gasteiger partial charge in [-0.2, -0.15) is 4.98 Å². The molecule has 1 fully saturated rings. The van der Waals surface area contributed by atoms with Crippen LogP contribution in [-0.2, 0) is 13.9 Å². The molecule has 0 N–H and O–H groups in total. The van der Waals surface area contributed by atoms with E-state index in [0.29, 0.717) is 5.56 Å². The monoisotopic (exact) mass is 570 g/mol. The van der Waals surface area contributed by atoms with E-state index >= 15 is 0 Å². The molecule has 0 saturated carbocycles. The summed E-state index contributed by atoms with van der Waals surface area (Å²) in [5.74, 6) is -0.348. The summed E-state index contributed by atoms with van der Waals surface area (Å²) in [7, 11) is -1.60. The minimum Gasteiger partial charge on any atom is -0.481 e. The first-order valence-electron chi connectivity index (χ1n) is 13.5. The SMILES string of the molecule is COc1ccn([C@@H]2OC[C@H](O[Si](c3ccccc3)(c3ccccc3)C(C)(C)C)[C@H]2OC(=O)c2ccccc2)c(=O)n1. The van der Waals surface area contributed by atoms with Crippen LogP contribution in [0.15, 0.2) is 108 Å². The fourth-order valence-corrected chi connectivity index (χ4v) is 10.1. The van der Waals surface area contributed by atoms with Gasteiger partial charge in [0.05, 0.1) is 19.3 Å². The first-order valence-corrected chi connectivity index (χ1v) is 15.4. The van der Waals surface area contributed by atoms with Crippen LogP contribution in [0.1, 0.15) is 37.4 Å². The second-order valence-corrected chi connectivity index (χ2v) is 15.2. The molecule has 3 atom stereocenters. The number of methoxy groups -OCH3 is 1. The van der Waals surface area contributed by atoms with E-state index in [2.05, 4.69) is 50.0 Å². The van der Waals surface area contributed by atoms with Gasteiger partial charge in [-0.1, -0.05) is 99.6 Å². The molecule has 1 aromatic heterocycles. The first kappa shape index (κ1) is 28.5. The fourth-order valence-electron chi connectivity index (χ4n) is 5.43. The molecule has 8 nitrogen and oxygen atoms in total. The van der Waals surface area contributed by atoms with Crippen molar-refractivity contribution in [3.05, 3.63) is 119 Å². The molecular formula is C32H34N2O6Si. The molecule has 5 rings (SSSR count). The van der Waals surface area contributed by atoms with Gasteiger partial charge in [0.25, 0.3) is 8.32 Å². The molecule has 41 heavy (non-hydrogen) atoms. The zero-order chi connectivity index (χ0) is 29.0. The largest absolute Gasteiger partial charge is 0.481 e. The van der Waals surface area contributed by atoms with Gasteiger partial charge in [0, 0.05) is 12.3 Å². The number of benzene rings is 3. The first-order chi connectivity index (χ1) is 19.7. The lowest BCUT2D eigenvalue weighted by atomic mass is 10.2. The van der Waals surface area contributed by atoms with Crippen LogP contribution in [0.3, 0.4) is 0 Å². The van der Waals surface area contributed by atoms with Crippen LogP contribution in [0, 0.1) is 0 Å². The van der Waals surface area contributed by atoms with E-state index in [9.17, 15) is 9.59 Å². The predicted molar refractivity (Wildman–Crippen MR) is 158 cm³/mol. The lowest BCUT2D eigenvalue weighted by Gasteiger charge is -2.45. The number of ether oxygens (including phenoxy) is 3. The third-order valence-corrected chi connectivity index (χ3v) is 12.4. The van der Waals surface area contributed by atoms with E-state index in [1.807, 2.05) is 42.5 Å². The zero-order valence-corrected chi connectivity index (χ0v) is 24.6. The maximum Gasteiger partial charge on any atom is 0.353 e. The Morgan fingerprint density at radius 1 is 0.902 bits per heavy atom. The van der Waals surface area contributed by atoms with Gasteiger partial charge in [-0.3, -0.25) is 4.57 Å². The van der Waals surface area contributed by atoms with Gasteiger partial charge in [-0.15, -0.1) is 0 Å². The highest BCUT2D eigenvalue weighted by Crippen LogP contribution is 2.40. The lowest BCUT2D eigenvalue weighted by Crippen LogP contribution is -2.68. The van der Waals surface area contributed by atoms with Crippen molar-refractivity contribution in [2.24, 2.45) is 0 Å². The Bertz CT molecular complexity index is 1480. The Labute approximate surface area is 240 Å². The van der Waals surface area contributed by atoms with Crippen molar-refractivity contribution in [2.75, 3.05) is 13.7 Å². The van der Waals surface area contributed by atoms with E-state index in [1.165, 1.54) is 17.9 Å². The number of esters is 1. The van der Waals surface area contributed by atoms with Gasteiger partial charge in [-0.05, 0) is 27.5 Å². The van der Waals surface area contributed by atoms with Gasteiger partial charge < -0.3 is 18.6 Å². The predicted octanol–water partition coefficient (Wildman–Crippen LogP) is 3.95. The summed E-state index contributed by atoms with van der Waals surface area (Å²) in [6.45, 7) is 6.64. The second kappa shape index (κ2) is 11.8. The quantitative estimate of drug-likeness (QED) is 0.234. The highest BCUT2D eigenvalue weighted by atomic mass is 28.4. The average Bonchev–Trinajstić information content (AvgIpc) is 3.37. The van der Waals surface area contributed by atoms with E-state index in [0.717, 1.165) is 10.4 Å². The molecule has 0 amide bonds. The maximum absolute atomic E-state index is 13.4. The summed E-state index contributed by atoms with van der Waals surface area (Å²) in [6.07, 6.45) is -1.02. The van der Waals surface area contributed by atoms with E-state index in [4.69, 9.17) is 18.6 Å². The summed E-state index contributed by atoms with van der Waals surface area (Å²) in [5.41, 5.74) is -0.191. The summed E-state index contributed by atoms with van der Waals surface area (Å²) in [6, 6.07) is 30.7. The van der Waals surface area contributed by atoms with Gasteiger partial charge in [0.1, 0.15) is 6.10 Å². The van der Waals surface area contributed by atoms with E-state index < -0.39 is 38.4 Å². The molecule has 1 aliphatic rings. The van der Waals surface area contributed by atoms with Crippen LogP contribution in [0.5, 0.6) is 5.88 Å². The van der Waals surface area contributed by atoms with Gasteiger partial charge in [0.2, 0.25) is 5.88 Å². The van der Waals surface area contributed by atoms with Crippen LogP contribution in [0.25, 0.3) is 0 Å². The Morgan fingerprint density at radius 3 is 1.98 bits per heavy atom. The number of hydrogen-bond acceptors (Lipinski definition) is 7. The number of nitrogens with zero attached hydrogens (tertiary/aromatic N) is 2. The zero-order valence-electron chi connectivity index (χ0n) is 23.6. The highest BCUT2D eigenvalue weighted by molar-refractivity contribution is 6.99. The Kier molecular flexibility index (Phi) is 8.21. The van der Waals surface area contributed by atoms with Gasteiger partial charge >= 0.3 is 11.7 Å². The highest BCUT2D eigenvalue weighted by Gasteiger charge is 2.55. The van der Waals surface area contributed by atoms with Crippen molar-refractivity contribution in [3.63, 3.8) is 0 Å². The molecule has 0 bridgehead atoms. The second-order valence-electron chi connectivity index (χ2n) is 10.9. The molecule has 2 heterocycles. The molecule has 3 aromatic carbocycles. The van der Waals surface area contributed by atoms with Crippen LogP contribution in [0.2, 0.25) is 5.04 Å². The topological polar surface area (TPSA) is 88.9 Å². The van der Waals surface area contributed by atoms with Crippen LogP contribution in [-0.4, -0.2) is 49.8 Å². The molecule has 4 aromatic rings. The minimum atomic E-state index is -3.04. The molecule has 0 radical (unpaired) electrons. The van der Waals surface area contributed by atoms with E-state index in [-0.39, 0.29) is 17.5 Å². The molecule has 0 spiro atoms. The van der Waals surface area contributed by atoms with Crippen molar-refractivity contribution in [2.45, 2.75) is 44.2 Å². The van der Waals surface area contributed by atoms with Crippen molar-refractivity contribution < 1.29 is 23.4 Å². The number of carbonyl (C=O) groups is 1. The van der Waals surface area contributed by atoms with Crippen LogP contribution >= 0.6 is 0 Å². The van der Waals surface area contributed by atoms with Gasteiger partial charge in [0.15, 0.2) is 12.3 Å². The average molecular weight is 571 g/mol. The van der Waals surface area contributed by atoms with Crippen LogP contribution < -0.4 is 20.8 Å². The minimum absolute atomic E-state index is 0.111. The van der Waals surface area contributed by atoms with Crippen molar-refractivity contribution in [1.29, 1.82) is 0 Å². The number of hydrogen-bond donors (Lipinski definition) is 0. The molecule has 0 unspecified atom stereocenters. The standard InChI is InChI=1S/C32H34N2O6Si/c1-32(2,3)41(24-16-10-6-11-17-24,25-18-12-7-13-19-25)40-26-22-38-29(34-21-20-27(37-4)33-31(34)36)28(26)39-30(35)23-14-8-5-9-15-23/h5-21,26,28-29H,22H2,1-4H3/t26-,28+,29+/m0/s1. The number of carbonyl (C=O) groups excluding carboxylic acids is 1.